The van der Waals surface area contributed by atoms with Crippen LogP contribution in [0, 0.1) is 11.3 Å². The van der Waals surface area contributed by atoms with Crippen LogP contribution in [-0.2, 0) is 4.79 Å². The lowest BCUT2D eigenvalue weighted by molar-refractivity contribution is -0.114. The van der Waals surface area contributed by atoms with E-state index in [0.29, 0.717) is 5.56 Å². The molecule has 0 aliphatic rings. The second-order valence-electron chi connectivity index (χ2n) is 3.92. The van der Waals surface area contributed by atoms with E-state index in [9.17, 15) is 4.79 Å². The average molecular weight is 236 g/mol. The van der Waals surface area contributed by atoms with Gasteiger partial charge in [0.2, 0.25) is 5.91 Å². The second-order valence-corrected chi connectivity index (χ2v) is 3.92. The Labute approximate surface area is 106 Å². The summed E-state index contributed by atoms with van der Waals surface area (Å²) in [7, 11) is 0. The number of carbonyl (C=O) groups excluding carboxylic acids is 1. The highest BCUT2D eigenvalue weighted by Gasteiger charge is 2.03. The zero-order valence-electron chi connectivity index (χ0n) is 9.97. The standard InChI is InChI=1S/C15H12N2O/c1-11(18)17-14-8-6-12(7-9-14)15-5-3-2-4-13(15)10-16/h2-9H,1H3,(H,17,18). The van der Waals surface area contributed by atoms with Crippen molar-refractivity contribution in [1.82, 2.24) is 0 Å². The molecule has 0 atom stereocenters. The van der Waals surface area contributed by atoms with Crippen molar-refractivity contribution in [3.8, 4) is 17.2 Å². The summed E-state index contributed by atoms with van der Waals surface area (Å²) < 4.78 is 0. The van der Waals surface area contributed by atoms with Crippen LogP contribution in [-0.4, -0.2) is 5.91 Å². The Morgan fingerprint density at radius 3 is 2.39 bits per heavy atom. The molecule has 0 fully saturated rings. The minimum Gasteiger partial charge on any atom is -0.326 e. The molecule has 2 rings (SSSR count). The number of rotatable bonds is 2. The summed E-state index contributed by atoms with van der Waals surface area (Å²) in [5, 5.41) is 11.8. The van der Waals surface area contributed by atoms with Gasteiger partial charge in [0.15, 0.2) is 0 Å². The van der Waals surface area contributed by atoms with Crippen LogP contribution >= 0.6 is 0 Å². The molecule has 1 N–H and O–H groups in total. The number of hydrogen-bond acceptors (Lipinski definition) is 2. The van der Waals surface area contributed by atoms with E-state index in [1.165, 1.54) is 6.92 Å². The van der Waals surface area contributed by atoms with E-state index in [1.807, 2.05) is 42.5 Å². The van der Waals surface area contributed by atoms with E-state index in [4.69, 9.17) is 5.26 Å². The van der Waals surface area contributed by atoms with Crippen LogP contribution < -0.4 is 5.32 Å². The normalized spacial score (nSPS) is 9.56. The second kappa shape index (κ2) is 5.15. The molecular weight excluding hydrogens is 224 g/mol. The summed E-state index contributed by atoms with van der Waals surface area (Å²) in [6, 6.07) is 17.0. The lowest BCUT2D eigenvalue weighted by atomic mass is 10.0. The van der Waals surface area contributed by atoms with Crippen LogP contribution in [0.4, 0.5) is 5.69 Å². The number of amides is 1. The Kier molecular flexibility index (Phi) is 3.40. The SMILES string of the molecule is CC(=O)Nc1ccc(-c2ccccc2C#N)cc1. The van der Waals surface area contributed by atoms with E-state index < -0.39 is 0 Å². The van der Waals surface area contributed by atoms with Crippen molar-refractivity contribution in [2.24, 2.45) is 0 Å². The summed E-state index contributed by atoms with van der Waals surface area (Å²) >= 11 is 0. The van der Waals surface area contributed by atoms with Crippen LogP contribution in [0.25, 0.3) is 11.1 Å². The Morgan fingerprint density at radius 1 is 1.11 bits per heavy atom. The van der Waals surface area contributed by atoms with Gasteiger partial charge in [0.1, 0.15) is 0 Å². The molecule has 0 aliphatic heterocycles. The number of nitrogens with zero attached hydrogens (tertiary/aromatic N) is 1. The Balaban J connectivity index is 2.35. The largest absolute Gasteiger partial charge is 0.326 e. The van der Waals surface area contributed by atoms with Crippen molar-refractivity contribution in [3.05, 3.63) is 54.1 Å². The molecule has 0 saturated heterocycles. The number of anilines is 1. The van der Waals surface area contributed by atoms with Crippen molar-refractivity contribution < 1.29 is 4.79 Å². The van der Waals surface area contributed by atoms with Gasteiger partial charge in [-0.2, -0.15) is 5.26 Å². The van der Waals surface area contributed by atoms with Crippen molar-refractivity contribution >= 4 is 11.6 Å². The predicted octanol–water partition coefficient (Wildman–Crippen LogP) is 3.18. The van der Waals surface area contributed by atoms with Crippen LogP contribution in [0.3, 0.4) is 0 Å². The van der Waals surface area contributed by atoms with Gasteiger partial charge in [-0.05, 0) is 29.3 Å². The highest BCUT2D eigenvalue weighted by Crippen LogP contribution is 2.24. The topological polar surface area (TPSA) is 52.9 Å². The van der Waals surface area contributed by atoms with Crippen molar-refractivity contribution in [2.45, 2.75) is 6.92 Å². The van der Waals surface area contributed by atoms with Gasteiger partial charge in [0, 0.05) is 12.6 Å². The third-order valence-corrected chi connectivity index (χ3v) is 2.56. The molecule has 0 unspecified atom stereocenters. The highest BCUT2D eigenvalue weighted by atomic mass is 16.1. The van der Waals surface area contributed by atoms with Crippen LogP contribution in [0.15, 0.2) is 48.5 Å². The van der Waals surface area contributed by atoms with Crippen molar-refractivity contribution in [3.63, 3.8) is 0 Å². The molecule has 0 radical (unpaired) electrons. The Morgan fingerprint density at radius 2 is 1.78 bits per heavy atom. The van der Waals surface area contributed by atoms with E-state index in [0.717, 1.165) is 16.8 Å². The van der Waals surface area contributed by atoms with Crippen LogP contribution in [0.5, 0.6) is 0 Å². The Hall–Kier alpha value is -2.60. The van der Waals surface area contributed by atoms with E-state index >= 15 is 0 Å². The lowest BCUT2D eigenvalue weighted by Gasteiger charge is -2.06. The van der Waals surface area contributed by atoms with Gasteiger partial charge in [-0.25, -0.2) is 0 Å². The predicted molar refractivity (Wildman–Crippen MR) is 70.9 cm³/mol. The first-order chi connectivity index (χ1) is 8.70. The summed E-state index contributed by atoms with van der Waals surface area (Å²) in [5.41, 5.74) is 3.25. The maximum absolute atomic E-state index is 10.9. The molecule has 3 nitrogen and oxygen atoms in total. The summed E-state index contributed by atoms with van der Waals surface area (Å²) in [6.07, 6.45) is 0. The zero-order valence-corrected chi connectivity index (χ0v) is 9.97. The van der Waals surface area contributed by atoms with E-state index in [1.54, 1.807) is 6.07 Å². The monoisotopic (exact) mass is 236 g/mol. The fourth-order valence-corrected chi connectivity index (χ4v) is 1.77. The number of carbonyl (C=O) groups is 1. The maximum Gasteiger partial charge on any atom is 0.221 e. The summed E-state index contributed by atoms with van der Waals surface area (Å²) in [5.74, 6) is -0.0971. The minimum atomic E-state index is -0.0971. The van der Waals surface area contributed by atoms with E-state index in [-0.39, 0.29) is 5.91 Å². The number of nitriles is 1. The third kappa shape index (κ3) is 2.55. The van der Waals surface area contributed by atoms with Crippen LogP contribution in [0.2, 0.25) is 0 Å². The number of nitrogens with one attached hydrogen (secondary N) is 1. The molecule has 3 heteroatoms. The minimum absolute atomic E-state index is 0.0971. The molecule has 88 valence electrons. The van der Waals surface area contributed by atoms with Gasteiger partial charge in [0.25, 0.3) is 0 Å². The fraction of sp³-hybridized carbons (Fsp3) is 0.0667. The maximum atomic E-state index is 10.9. The Bertz CT molecular complexity index is 609. The van der Waals surface area contributed by atoms with Gasteiger partial charge in [0.05, 0.1) is 11.6 Å². The molecule has 0 aliphatic carbocycles. The van der Waals surface area contributed by atoms with Crippen molar-refractivity contribution in [1.29, 1.82) is 5.26 Å². The molecule has 2 aromatic rings. The van der Waals surface area contributed by atoms with Gasteiger partial charge in [-0.3, -0.25) is 4.79 Å². The van der Waals surface area contributed by atoms with Gasteiger partial charge in [-0.15, -0.1) is 0 Å². The van der Waals surface area contributed by atoms with Crippen LogP contribution in [0.1, 0.15) is 12.5 Å². The molecule has 0 bridgehead atoms. The zero-order chi connectivity index (χ0) is 13.0. The third-order valence-electron chi connectivity index (χ3n) is 2.56. The molecule has 0 heterocycles. The first kappa shape index (κ1) is 11.9. The number of benzene rings is 2. The highest BCUT2D eigenvalue weighted by molar-refractivity contribution is 5.89. The smallest absolute Gasteiger partial charge is 0.221 e. The summed E-state index contributed by atoms with van der Waals surface area (Å²) in [6.45, 7) is 1.47. The average Bonchev–Trinajstić information content (AvgIpc) is 2.39. The first-order valence-electron chi connectivity index (χ1n) is 5.58. The molecule has 0 spiro atoms. The van der Waals surface area contributed by atoms with Gasteiger partial charge in [-0.1, -0.05) is 30.3 Å². The molecular formula is C15H12N2O. The molecule has 18 heavy (non-hydrogen) atoms. The molecule has 1 amide bonds. The lowest BCUT2D eigenvalue weighted by Crippen LogP contribution is -2.05. The molecule has 0 aromatic heterocycles. The first-order valence-corrected chi connectivity index (χ1v) is 5.58. The van der Waals surface area contributed by atoms with Gasteiger partial charge < -0.3 is 5.32 Å². The molecule has 2 aromatic carbocycles. The fourth-order valence-electron chi connectivity index (χ4n) is 1.77. The molecule has 0 saturated carbocycles. The summed E-state index contributed by atoms with van der Waals surface area (Å²) in [4.78, 5) is 10.9. The van der Waals surface area contributed by atoms with E-state index in [2.05, 4.69) is 11.4 Å². The van der Waals surface area contributed by atoms with Crippen molar-refractivity contribution in [2.75, 3.05) is 5.32 Å². The quantitative estimate of drug-likeness (QED) is 0.870. The number of hydrogen-bond donors (Lipinski definition) is 1. The van der Waals surface area contributed by atoms with Gasteiger partial charge >= 0.3 is 0 Å².